The van der Waals surface area contributed by atoms with Crippen LogP contribution in [0.5, 0.6) is 0 Å². The van der Waals surface area contributed by atoms with Gasteiger partial charge in [0, 0.05) is 30.3 Å². The molecule has 1 aliphatic heterocycles. The molecule has 0 amide bonds. The van der Waals surface area contributed by atoms with Crippen LogP contribution in [0.3, 0.4) is 0 Å². The molecule has 1 N–H and O–H groups in total. The average Bonchev–Trinajstić information content (AvgIpc) is 3.19. The Bertz CT molecular complexity index is 923. The van der Waals surface area contributed by atoms with Crippen LogP contribution in [0.4, 0.5) is 11.5 Å². The minimum Gasteiger partial charge on any atom is -0.340 e. The van der Waals surface area contributed by atoms with Crippen LogP contribution >= 0.6 is 11.6 Å². The Kier molecular flexibility index (Phi) is 4.06. The Morgan fingerprint density at radius 2 is 1.85 bits per heavy atom. The molecule has 2 aromatic heterocycles. The van der Waals surface area contributed by atoms with E-state index in [4.69, 9.17) is 16.7 Å². The second kappa shape index (κ2) is 6.56. The van der Waals surface area contributed by atoms with Gasteiger partial charge in [-0.3, -0.25) is 4.90 Å². The van der Waals surface area contributed by atoms with Crippen molar-refractivity contribution >= 4 is 28.8 Å². The van der Waals surface area contributed by atoms with E-state index in [1.54, 1.807) is 0 Å². The maximum atomic E-state index is 6.22. The summed E-state index contributed by atoms with van der Waals surface area (Å²) in [6.07, 6.45) is 5.09. The van der Waals surface area contributed by atoms with Crippen LogP contribution < -0.4 is 5.32 Å². The second-order valence-electron chi connectivity index (χ2n) is 7.38. The summed E-state index contributed by atoms with van der Waals surface area (Å²) in [6.45, 7) is 3.47. The third kappa shape index (κ3) is 3.29. The zero-order valence-electron chi connectivity index (χ0n) is 14.7. The molecule has 5 nitrogen and oxygen atoms in total. The molecule has 0 bridgehead atoms. The van der Waals surface area contributed by atoms with E-state index in [1.165, 1.54) is 44.3 Å². The molecule has 6 heteroatoms. The summed E-state index contributed by atoms with van der Waals surface area (Å²) >= 11 is 6.22. The zero-order valence-corrected chi connectivity index (χ0v) is 15.4. The van der Waals surface area contributed by atoms with Crippen LogP contribution in [0.25, 0.3) is 5.65 Å². The van der Waals surface area contributed by atoms with Gasteiger partial charge in [0.1, 0.15) is 11.0 Å². The lowest BCUT2D eigenvalue weighted by Crippen LogP contribution is -2.18. The fourth-order valence-electron chi connectivity index (χ4n) is 3.67. The maximum absolute atomic E-state index is 6.22. The highest BCUT2D eigenvalue weighted by Crippen LogP contribution is 2.39. The topological polar surface area (TPSA) is 45.5 Å². The fraction of sp³-hybridized carbons (Fsp3) is 0.400. The van der Waals surface area contributed by atoms with E-state index in [9.17, 15) is 0 Å². The van der Waals surface area contributed by atoms with Crippen molar-refractivity contribution in [3.63, 3.8) is 0 Å². The van der Waals surface area contributed by atoms with E-state index in [0.29, 0.717) is 11.1 Å². The van der Waals surface area contributed by atoms with Crippen molar-refractivity contribution in [2.24, 2.45) is 0 Å². The Hall–Kier alpha value is -2.11. The van der Waals surface area contributed by atoms with E-state index >= 15 is 0 Å². The van der Waals surface area contributed by atoms with E-state index < -0.39 is 0 Å². The fourth-order valence-corrected chi connectivity index (χ4v) is 3.86. The van der Waals surface area contributed by atoms with Gasteiger partial charge in [0.2, 0.25) is 0 Å². The van der Waals surface area contributed by atoms with Crippen LogP contribution in [0, 0.1) is 0 Å². The molecule has 0 atom stereocenters. The number of likely N-dealkylation sites (tertiary alicyclic amines) is 1. The van der Waals surface area contributed by atoms with E-state index in [-0.39, 0.29) is 0 Å². The monoisotopic (exact) mass is 367 g/mol. The van der Waals surface area contributed by atoms with Gasteiger partial charge in [0.05, 0.1) is 5.69 Å². The number of hydrogen-bond donors (Lipinski definition) is 1. The molecule has 1 aliphatic carbocycles. The summed E-state index contributed by atoms with van der Waals surface area (Å²) in [4.78, 5) is 6.91. The first-order chi connectivity index (χ1) is 12.7. The first kappa shape index (κ1) is 16.1. The highest BCUT2D eigenvalue weighted by atomic mass is 35.5. The third-order valence-corrected chi connectivity index (χ3v) is 5.44. The minimum absolute atomic E-state index is 0.480. The molecule has 1 saturated carbocycles. The van der Waals surface area contributed by atoms with Gasteiger partial charge in [0.15, 0.2) is 5.65 Å². The predicted molar refractivity (Wildman–Crippen MR) is 104 cm³/mol. The lowest BCUT2D eigenvalue weighted by molar-refractivity contribution is 0.331. The third-order valence-electron chi connectivity index (χ3n) is 5.24. The SMILES string of the molecule is Clc1cc(Nc2ccc(CN3CCCC3)cc2)n2nc(C3CC3)cc2n1. The maximum Gasteiger partial charge on any atom is 0.159 e. The van der Waals surface area contributed by atoms with Crippen molar-refractivity contribution < 1.29 is 0 Å². The largest absolute Gasteiger partial charge is 0.340 e. The molecule has 2 aliphatic rings. The van der Waals surface area contributed by atoms with Crippen LogP contribution in [0.1, 0.15) is 42.9 Å². The Morgan fingerprint density at radius 3 is 2.58 bits per heavy atom. The number of anilines is 2. The van der Waals surface area contributed by atoms with Crippen molar-refractivity contribution in [2.75, 3.05) is 18.4 Å². The van der Waals surface area contributed by atoms with Crippen molar-refractivity contribution in [1.29, 1.82) is 0 Å². The lowest BCUT2D eigenvalue weighted by atomic mass is 10.2. The lowest BCUT2D eigenvalue weighted by Gasteiger charge is -2.15. The molecule has 3 heterocycles. The molecular weight excluding hydrogens is 346 g/mol. The molecule has 2 fully saturated rings. The molecule has 0 spiro atoms. The van der Waals surface area contributed by atoms with Crippen molar-refractivity contribution in [1.82, 2.24) is 19.5 Å². The van der Waals surface area contributed by atoms with Gasteiger partial charge in [0.25, 0.3) is 0 Å². The highest BCUT2D eigenvalue weighted by molar-refractivity contribution is 6.29. The van der Waals surface area contributed by atoms with Crippen LogP contribution in [-0.2, 0) is 6.54 Å². The molecule has 134 valence electrons. The molecule has 5 rings (SSSR count). The Morgan fingerprint density at radius 1 is 1.08 bits per heavy atom. The molecule has 26 heavy (non-hydrogen) atoms. The first-order valence-electron chi connectivity index (χ1n) is 9.39. The molecule has 1 aromatic carbocycles. The number of aromatic nitrogens is 3. The molecule has 0 radical (unpaired) electrons. The average molecular weight is 368 g/mol. The van der Waals surface area contributed by atoms with E-state index in [0.717, 1.165) is 29.4 Å². The van der Waals surface area contributed by atoms with Crippen LogP contribution in [-0.4, -0.2) is 32.6 Å². The zero-order chi connectivity index (χ0) is 17.5. The normalized spacial score (nSPS) is 17.9. The number of fused-ring (bicyclic) bond motifs is 1. The number of rotatable bonds is 5. The summed E-state index contributed by atoms with van der Waals surface area (Å²) in [5.74, 6) is 1.44. The minimum atomic E-state index is 0.480. The molecule has 0 unspecified atom stereocenters. The van der Waals surface area contributed by atoms with Crippen molar-refractivity contribution in [3.05, 3.63) is 52.8 Å². The Balaban J connectivity index is 1.38. The number of hydrogen-bond acceptors (Lipinski definition) is 4. The first-order valence-corrected chi connectivity index (χ1v) is 9.77. The summed E-state index contributed by atoms with van der Waals surface area (Å²) in [6, 6.07) is 12.5. The van der Waals surface area contributed by atoms with Crippen LogP contribution in [0.15, 0.2) is 36.4 Å². The van der Waals surface area contributed by atoms with Gasteiger partial charge in [-0.1, -0.05) is 23.7 Å². The van der Waals surface area contributed by atoms with Gasteiger partial charge in [-0.2, -0.15) is 9.61 Å². The summed E-state index contributed by atoms with van der Waals surface area (Å²) in [5, 5.41) is 8.65. The standard InChI is InChI=1S/C20H22ClN5/c21-18-12-20(26-19(23-18)11-17(24-26)15-5-6-15)22-16-7-3-14(4-8-16)13-25-9-1-2-10-25/h3-4,7-8,11-12,15,22H,1-2,5-6,9-10,13H2. The highest BCUT2D eigenvalue weighted by Gasteiger charge is 2.27. The van der Waals surface area contributed by atoms with E-state index in [2.05, 4.69) is 39.5 Å². The number of nitrogens with one attached hydrogen (secondary N) is 1. The number of halogens is 1. The van der Waals surface area contributed by atoms with Crippen molar-refractivity contribution in [2.45, 2.75) is 38.1 Å². The molecule has 3 aromatic rings. The van der Waals surface area contributed by atoms with Gasteiger partial charge < -0.3 is 5.32 Å². The summed E-state index contributed by atoms with van der Waals surface area (Å²) < 4.78 is 1.86. The molecule has 1 saturated heterocycles. The van der Waals surface area contributed by atoms with E-state index in [1.807, 2.05) is 16.6 Å². The van der Waals surface area contributed by atoms with Gasteiger partial charge in [-0.25, -0.2) is 4.98 Å². The molecular formula is C20H22ClN5. The number of benzene rings is 1. The quantitative estimate of drug-likeness (QED) is 0.669. The Labute approximate surface area is 158 Å². The van der Waals surface area contributed by atoms with Gasteiger partial charge in [-0.15, -0.1) is 0 Å². The summed E-state index contributed by atoms with van der Waals surface area (Å²) in [7, 11) is 0. The van der Waals surface area contributed by atoms with Crippen molar-refractivity contribution in [3.8, 4) is 0 Å². The van der Waals surface area contributed by atoms with Gasteiger partial charge in [-0.05, 0) is 56.5 Å². The summed E-state index contributed by atoms with van der Waals surface area (Å²) in [5.41, 5.74) is 4.30. The number of nitrogens with zero attached hydrogens (tertiary/aromatic N) is 4. The predicted octanol–water partition coefficient (Wildman–Crippen LogP) is 4.60. The van der Waals surface area contributed by atoms with Crippen LogP contribution in [0.2, 0.25) is 5.15 Å². The van der Waals surface area contributed by atoms with Gasteiger partial charge >= 0.3 is 0 Å². The second-order valence-corrected chi connectivity index (χ2v) is 7.77. The smallest absolute Gasteiger partial charge is 0.159 e.